The SMILES string of the molecule is CCOC(=O)c1ccccc1Nc1nccc(Nc2ccccc2Cl)n1. The van der Waals surface area contributed by atoms with Gasteiger partial charge in [0.15, 0.2) is 0 Å². The summed E-state index contributed by atoms with van der Waals surface area (Å²) in [6, 6.07) is 16.1. The molecule has 0 fully saturated rings. The number of rotatable bonds is 6. The van der Waals surface area contributed by atoms with Gasteiger partial charge < -0.3 is 15.4 Å². The largest absolute Gasteiger partial charge is 0.462 e. The van der Waals surface area contributed by atoms with E-state index in [4.69, 9.17) is 16.3 Å². The minimum Gasteiger partial charge on any atom is -0.462 e. The van der Waals surface area contributed by atoms with E-state index in [2.05, 4.69) is 20.6 Å². The van der Waals surface area contributed by atoms with Gasteiger partial charge in [-0.15, -0.1) is 0 Å². The second-order valence-corrected chi connectivity index (χ2v) is 5.67. The quantitative estimate of drug-likeness (QED) is 0.609. The Morgan fingerprint density at radius 2 is 1.77 bits per heavy atom. The number of nitrogens with zero attached hydrogens (tertiary/aromatic N) is 2. The molecule has 3 rings (SSSR count). The van der Waals surface area contributed by atoms with E-state index in [9.17, 15) is 4.79 Å². The number of anilines is 4. The standard InChI is InChI=1S/C19H17ClN4O2/c1-2-26-18(25)13-7-3-5-9-15(13)23-19-21-12-11-17(24-19)22-16-10-6-4-8-14(16)20/h3-12H,2H2,1H3,(H2,21,22,23,24). The van der Waals surface area contributed by atoms with E-state index in [1.54, 1.807) is 43.5 Å². The van der Waals surface area contributed by atoms with Crippen LogP contribution in [0.1, 0.15) is 17.3 Å². The lowest BCUT2D eigenvalue weighted by molar-refractivity contribution is 0.0527. The highest BCUT2D eigenvalue weighted by atomic mass is 35.5. The fraction of sp³-hybridized carbons (Fsp3) is 0.105. The highest BCUT2D eigenvalue weighted by Crippen LogP contribution is 2.25. The molecule has 132 valence electrons. The second-order valence-electron chi connectivity index (χ2n) is 5.26. The van der Waals surface area contributed by atoms with E-state index in [-0.39, 0.29) is 0 Å². The lowest BCUT2D eigenvalue weighted by Crippen LogP contribution is -2.09. The Hall–Kier alpha value is -3.12. The molecule has 26 heavy (non-hydrogen) atoms. The summed E-state index contributed by atoms with van der Waals surface area (Å²) in [4.78, 5) is 20.7. The molecule has 2 aromatic carbocycles. The van der Waals surface area contributed by atoms with E-state index >= 15 is 0 Å². The van der Waals surface area contributed by atoms with E-state index in [1.165, 1.54) is 0 Å². The summed E-state index contributed by atoms with van der Waals surface area (Å²) in [5.41, 5.74) is 1.73. The number of halogens is 1. The molecule has 0 atom stereocenters. The van der Waals surface area contributed by atoms with Gasteiger partial charge in [-0.3, -0.25) is 0 Å². The third-order valence-corrected chi connectivity index (χ3v) is 3.79. The van der Waals surface area contributed by atoms with Gasteiger partial charge >= 0.3 is 5.97 Å². The fourth-order valence-electron chi connectivity index (χ4n) is 2.29. The molecule has 6 nitrogen and oxygen atoms in total. The van der Waals surface area contributed by atoms with Crippen molar-refractivity contribution in [1.82, 2.24) is 9.97 Å². The second kappa shape index (κ2) is 8.31. The van der Waals surface area contributed by atoms with Gasteiger partial charge in [0.05, 0.1) is 28.6 Å². The molecular formula is C19H17ClN4O2. The van der Waals surface area contributed by atoms with Crippen LogP contribution >= 0.6 is 11.6 Å². The summed E-state index contributed by atoms with van der Waals surface area (Å²) < 4.78 is 5.08. The van der Waals surface area contributed by atoms with Crippen LogP contribution in [0.15, 0.2) is 60.8 Å². The monoisotopic (exact) mass is 368 g/mol. The first-order chi connectivity index (χ1) is 12.7. The average Bonchev–Trinajstić information content (AvgIpc) is 2.65. The number of carbonyl (C=O) groups is 1. The molecule has 0 amide bonds. The van der Waals surface area contributed by atoms with Crippen molar-refractivity contribution in [3.05, 3.63) is 71.4 Å². The third-order valence-electron chi connectivity index (χ3n) is 3.46. The molecule has 1 aromatic heterocycles. The Kier molecular flexibility index (Phi) is 5.66. The van der Waals surface area contributed by atoms with Crippen LogP contribution < -0.4 is 10.6 Å². The van der Waals surface area contributed by atoms with Crippen LogP contribution in [0.2, 0.25) is 5.02 Å². The maximum absolute atomic E-state index is 12.1. The van der Waals surface area contributed by atoms with Gasteiger partial charge in [-0.05, 0) is 37.3 Å². The molecule has 0 saturated carbocycles. The molecule has 3 aromatic rings. The summed E-state index contributed by atoms with van der Waals surface area (Å²) in [5.74, 6) is 0.518. The van der Waals surface area contributed by atoms with Crippen molar-refractivity contribution in [2.45, 2.75) is 6.92 Å². The maximum Gasteiger partial charge on any atom is 0.340 e. The first-order valence-corrected chi connectivity index (χ1v) is 8.43. The van der Waals surface area contributed by atoms with Crippen molar-refractivity contribution in [3.63, 3.8) is 0 Å². The zero-order valence-electron chi connectivity index (χ0n) is 14.1. The first kappa shape index (κ1) is 17.7. The van der Waals surface area contributed by atoms with Gasteiger partial charge in [0.1, 0.15) is 5.82 Å². The minimum absolute atomic E-state index is 0.306. The van der Waals surface area contributed by atoms with E-state index in [0.29, 0.717) is 34.6 Å². The first-order valence-electron chi connectivity index (χ1n) is 8.05. The third kappa shape index (κ3) is 4.29. The van der Waals surface area contributed by atoms with Crippen LogP contribution in [0.4, 0.5) is 23.1 Å². The predicted octanol–water partition coefficient (Wildman–Crippen LogP) is 4.79. The Bertz CT molecular complexity index is 917. The van der Waals surface area contributed by atoms with Crippen LogP contribution in [-0.4, -0.2) is 22.5 Å². The molecular weight excluding hydrogens is 352 g/mol. The Morgan fingerprint density at radius 3 is 2.54 bits per heavy atom. The average molecular weight is 369 g/mol. The fourth-order valence-corrected chi connectivity index (χ4v) is 2.47. The number of esters is 1. The zero-order chi connectivity index (χ0) is 18.4. The van der Waals surface area contributed by atoms with Crippen molar-refractivity contribution in [3.8, 4) is 0 Å². The van der Waals surface area contributed by atoms with Crippen LogP contribution in [0.5, 0.6) is 0 Å². The summed E-state index contributed by atoms with van der Waals surface area (Å²) in [5, 5.41) is 6.79. The van der Waals surface area contributed by atoms with Crippen LogP contribution in [0.25, 0.3) is 0 Å². The molecule has 0 aliphatic carbocycles. The number of hydrogen-bond donors (Lipinski definition) is 2. The molecule has 0 bridgehead atoms. The molecule has 0 saturated heterocycles. The number of carbonyl (C=O) groups excluding carboxylic acids is 1. The molecule has 0 radical (unpaired) electrons. The molecule has 0 unspecified atom stereocenters. The lowest BCUT2D eigenvalue weighted by atomic mass is 10.2. The zero-order valence-corrected chi connectivity index (χ0v) is 14.8. The Labute approximate surface area is 156 Å². The predicted molar refractivity (Wildman–Crippen MR) is 102 cm³/mol. The molecule has 7 heteroatoms. The number of benzene rings is 2. The number of nitrogens with one attached hydrogen (secondary N) is 2. The normalized spacial score (nSPS) is 10.2. The van der Waals surface area contributed by atoms with Gasteiger partial charge in [-0.25, -0.2) is 9.78 Å². The van der Waals surface area contributed by atoms with Gasteiger partial charge in [0, 0.05) is 6.20 Å². The van der Waals surface area contributed by atoms with Crippen LogP contribution in [0, 0.1) is 0 Å². The van der Waals surface area contributed by atoms with Crippen molar-refractivity contribution in [2.75, 3.05) is 17.2 Å². The van der Waals surface area contributed by atoms with Crippen molar-refractivity contribution >= 4 is 40.7 Å². The van der Waals surface area contributed by atoms with Crippen molar-refractivity contribution < 1.29 is 9.53 Å². The Morgan fingerprint density at radius 1 is 1.04 bits per heavy atom. The summed E-state index contributed by atoms with van der Waals surface area (Å²) in [6.07, 6.45) is 1.61. The van der Waals surface area contributed by atoms with E-state index < -0.39 is 5.97 Å². The maximum atomic E-state index is 12.1. The summed E-state index contributed by atoms with van der Waals surface area (Å²) >= 11 is 6.16. The highest BCUT2D eigenvalue weighted by Gasteiger charge is 2.13. The number of hydrogen-bond acceptors (Lipinski definition) is 6. The molecule has 0 aliphatic heterocycles. The Balaban J connectivity index is 1.82. The van der Waals surface area contributed by atoms with Gasteiger partial charge in [0.25, 0.3) is 0 Å². The lowest BCUT2D eigenvalue weighted by Gasteiger charge is -2.11. The van der Waals surface area contributed by atoms with Crippen molar-refractivity contribution in [2.24, 2.45) is 0 Å². The number of aromatic nitrogens is 2. The van der Waals surface area contributed by atoms with E-state index in [1.807, 2.05) is 24.3 Å². The smallest absolute Gasteiger partial charge is 0.340 e. The van der Waals surface area contributed by atoms with Crippen LogP contribution in [-0.2, 0) is 4.74 Å². The summed E-state index contributed by atoms with van der Waals surface area (Å²) in [7, 11) is 0. The topological polar surface area (TPSA) is 76.1 Å². The van der Waals surface area contributed by atoms with Gasteiger partial charge in [0.2, 0.25) is 5.95 Å². The molecule has 2 N–H and O–H groups in total. The van der Waals surface area contributed by atoms with Gasteiger partial charge in [-0.1, -0.05) is 35.9 Å². The molecule has 1 heterocycles. The van der Waals surface area contributed by atoms with Crippen molar-refractivity contribution in [1.29, 1.82) is 0 Å². The molecule has 0 aliphatic rings. The minimum atomic E-state index is -0.402. The highest BCUT2D eigenvalue weighted by molar-refractivity contribution is 6.33. The number of para-hydroxylation sites is 2. The van der Waals surface area contributed by atoms with Gasteiger partial charge in [-0.2, -0.15) is 4.98 Å². The molecule has 0 spiro atoms. The van der Waals surface area contributed by atoms with E-state index in [0.717, 1.165) is 5.69 Å². The van der Waals surface area contributed by atoms with Crippen LogP contribution in [0.3, 0.4) is 0 Å². The number of ether oxygens (including phenoxy) is 1. The summed E-state index contributed by atoms with van der Waals surface area (Å²) in [6.45, 7) is 2.07.